The van der Waals surface area contributed by atoms with E-state index in [9.17, 15) is 14.7 Å². The lowest BCUT2D eigenvalue weighted by Crippen LogP contribution is -2.11. The highest BCUT2D eigenvalue weighted by molar-refractivity contribution is 8.22. The highest BCUT2D eigenvalue weighted by atomic mass is 32.2. The van der Waals surface area contributed by atoms with Gasteiger partial charge in [0.25, 0.3) is 0 Å². The van der Waals surface area contributed by atoms with Gasteiger partial charge >= 0.3 is 5.97 Å². The zero-order chi connectivity index (χ0) is 14.4. The summed E-state index contributed by atoms with van der Waals surface area (Å²) >= 11 is 4.47. The van der Waals surface area contributed by atoms with Crippen molar-refractivity contribution >= 4 is 52.7 Å². The van der Waals surface area contributed by atoms with Gasteiger partial charge in [-0.3, -0.25) is 4.79 Å². The fourth-order valence-electron chi connectivity index (χ4n) is 1.64. The first-order valence-electron chi connectivity index (χ1n) is 6.17. The quantitative estimate of drug-likeness (QED) is 0.517. The maximum absolute atomic E-state index is 12.1. The van der Waals surface area contributed by atoms with Crippen molar-refractivity contribution in [2.75, 3.05) is 11.5 Å². The number of carbonyl (C=O) groups is 2. The van der Waals surface area contributed by atoms with E-state index in [4.69, 9.17) is 0 Å². The minimum atomic E-state index is -1.14. The molecule has 0 saturated carbocycles. The van der Waals surface area contributed by atoms with Crippen LogP contribution in [0, 0.1) is 0 Å². The highest BCUT2D eigenvalue weighted by Gasteiger charge is 2.22. The molecule has 106 valence electrons. The maximum Gasteiger partial charge on any atom is 0.341 e. The number of carboxylic acid groups (broad SMARTS) is 1. The van der Waals surface area contributed by atoms with E-state index in [-0.39, 0.29) is 5.57 Å². The SMILES string of the molecule is O=C(O)C(C(=O)C=Cc1cccs1)=C1SCCCCS1. The maximum atomic E-state index is 12.1. The molecule has 6 heteroatoms. The number of aliphatic carboxylic acids is 1. The van der Waals surface area contributed by atoms with Crippen LogP contribution >= 0.6 is 34.9 Å². The summed E-state index contributed by atoms with van der Waals surface area (Å²) in [6.07, 6.45) is 5.15. The van der Waals surface area contributed by atoms with Crippen LogP contribution in [0.25, 0.3) is 6.08 Å². The molecule has 2 heterocycles. The Morgan fingerprint density at radius 3 is 2.45 bits per heavy atom. The summed E-state index contributed by atoms with van der Waals surface area (Å²) in [5, 5.41) is 11.2. The highest BCUT2D eigenvalue weighted by Crippen LogP contribution is 2.36. The van der Waals surface area contributed by atoms with Gasteiger partial charge in [-0.25, -0.2) is 4.79 Å². The molecule has 1 N–H and O–H groups in total. The van der Waals surface area contributed by atoms with Crippen molar-refractivity contribution in [3.8, 4) is 0 Å². The molecule has 1 aliphatic heterocycles. The van der Waals surface area contributed by atoms with Gasteiger partial charge in [0.05, 0.1) is 4.24 Å². The lowest BCUT2D eigenvalue weighted by Gasteiger charge is -2.06. The van der Waals surface area contributed by atoms with Crippen LogP contribution in [0.5, 0.6) is 0 Å². The Hall–Kier alpha value is -0.980. The van der Waals surface area contributed by atoms with Crippen molar-refractivity contribution in [1.29, 1.82) is 0 Å². The predicted molar refractivity (Wildman–Crippen MR) is 87.2 cm³/mol. The van der Waals surface area contributed by atoms with Crippen molar-refractivity contribution in [2.24, 2.45) is 0 Å². The van der Waals surface area contributed by atoms with Crippen LogP contribution in [-0.2, 0) is 9.59 Å². The predicted octanol–water partition coefficient (Wildman–Crippen LogP) is 3.89. The van der Waals surface area contributed by atoms with Gasteiger partial charge in [-0.2, -0.15) is 0 Å². The Balaban J connectivity index is 2.21. The van der Waals surface area contributed by atoms with Crippen LogP contribution in [0.3, 0.4) is 0 Å². The molecule has 3 nitrogen and oxygen atoms in total. The molecule has 2 rings (SSSR count). The summed E-state index contributed by atoms with van der Waals surface area (Å²) in [4.78, 5) is 24.5. The molecule has 0 unspecified atom stereocenters. The first-order valence-corrected chi connectivity index (χ1v) is 9.02. The second-order valence-corrected chi connectivity index (χ2v) is 7.53. The van der Waals surface area contributed by atoms with Crippen LogP contribution < -0.4 is 0 Å². The Morgan fingerprint density at radius 2 is 1.90 bits per heavy atom. The average Bonchev–Trinajstić information content (AvgIpc) is 2.80. The van der Waals surface area contributed by atoms with E-state index in [0.717, 1.165) is 29.2 Å². The van der Waals surface area contributed by atoms with Gasteiger partial charge in [-0.05, 0) is 47.9 Å². The zero-order valence-corrected chi connectivity index (χ0v) is 13.2. The first-order chi connectivity index (χ1) is 9.68. The molecule has 0 atom stereocenters. The molecular formula is C14H14O3S3. The minimum Gasteiger partial charge on any atom is -0.477 e. The van der Waals surface area contributed by atoms with Gasteiger partial charge in [0.15, 0.2) is 5.78 Å². The number of rotatable bonds is 4. The molecule has 0 bridgehead atoms. The molecule has 20 heavy (non-hydrogen) atoms. The van der Waals surface area contributed by atoms with E-state index in [2.05, 4.69) is 0 Å². The zero-order valence-electron chi connectivity index (χ0n) is 10.7. The van der Waals surface area contributed by atoms with Crippen molar-refractivity contribution in [3.05, 3.63) is 38.3 Å². The third-order valence-corrected chi connectivity index (χ3v) is 6.07. The largest absolute Gasteiger partial charge is 0.477 e. The van der Waals surface area contributed by atoms with Crippen molar-refractivity contribution in [3.63, 3.8) is 0 Å². The molecule has 1 fully saturated rings. The number of thioether (sulfide) groups is 2. The number of carbonyl (C=O) groups excluding carboxylic acids is 1. The number of ketones is 1. The lowest BCUT2D eigenvalue weighted by molar-refractivity contribution is -0.134. The Morgan fingerprint density at radius 1 is 1.20 bits per heavy atom. The number of thiophene rings is 1. The second kappa shape index (κ2) is 7.71. The van der Waals surface area contributed by atoms with Crippen molar-refractivity contribution in [2.45, 2.75) is 12.8 Å². The van der Waals surface area contributed by atoms with E-state index >= 15 is 0 Å². The fourth-order valence-corrected chi connectivity index (χ4v) is 4.82. The average molecular weight is 326 g/mol. The number of allylic oxidation sites excluding steroid dienone is 1. The van der Waals surface area contributed by atoms with Gasteiger partial charge in [0, 0.05) is 4.88 Å². The summed E-state index contributed by atoms with van der Waals surface area (Å²) in [6, 6.07) is 3.78. The molecule has 0 radical (unpaired) electrons. The Kier molecular flexibility index (Phi) is 5.94. The Bertz CT molecular complexity index is 534. The monoisotopic (exact) mass is 326 g/mol. The van der Waals surface area contributed by atoms with Crippen LogP contribution in [0.1, 0.15) is 17.7 Å². The topological polar surface area (TPSA) is 54.4 Å². The summed E-state index contributed by atoms with van der Waals surface area (Å²) in [5.41, 5.74) is -0.0882. The minimum absolute atomic E-state index is 0.0882. The summed E-state index contributed by atoms with van der Waals surface area (Å²) in [6.45, 7) is 0. The van der Waals surface area contributed by atoms with Crippen molar-refractivity contribution < 1.29 is 14.7 Å². The van der Waals surface area contributed by atoms with Crippen molar-refractivity contribution in [1.82, 2.24) is 0 Å². The van der Waals surface area contributed by atoms with Gasteiger partial charge in [0.2, 0.25) is 0 Å². The molecule has 1 aromatic rings. The van der Waals surface area contributed by atoms with Crippen LogP contribution in [-0.4, -0.2) is 28.4 Å². The van der Waals surface area contributed by atoms with Gasteiger partial charge < -0.3 is 5.11 Å². The molecule has 0 spiro atoms. The van der Waals surface area contributed by atoms with Crippen LogP contribution in [0.2, 0.25) is 0 Å². The van der Waals surface area contributed by atoms with Crippen LogP contribution in [0.15, 0.2) is 33.4 Å². The lowest BCUT2D eigenvalue weighted by atomic mass is 10.2. The smallest absolute Gasteiger partial charge is 0.341 e. The normalized spacial score (nSPS) is 16.1. The van der Waals surface area contributed by atoms with E-state index < -0.39 is 11.8 Å². The second-order valence-electron chi connectivity index (χ2n) is 4.08. The molecule has 1 aliphatic rings. The summed E-state index contributed by atoms with van der Waals surface area (Å²) in [7, 11) is 0. The van der Waals surface area contributed by atoms with Gasteiger partial charge in [0.1, 0.15) is 5.57 Å². The summed E-state index contributed by atoms with van der Waals surface area (Å²) in [5.74, 6) is 0.188. The van der Waals surface area contributed by atoms with E-state index in [1.807, 2.05) is 17.5 Å². The molecule has 0 aromatic carbocycles. The molecule has 1 saturated heterocycles. The van der Waals surface area contributed by atoms with E-state index in [1.54, 1.807) is 6.08 Å². The van der Waals surface area contributed by atoms with E-state index in [0.29, 0.717) is 4.24 Å². The molecule has 0 aliphatic carbocycles. The first kappa shape index (κ1) is 15.4. The molecule has 1 aromatic heterocycles. The third kappa shape index (κ3) is 4.26. The van der Waals surface area contributed by atoms with Gasteiger partial charge in [-0.15, -0.1) is 34.9 Å². The van der Waals surface area contributed by atoms with Crippen LogP contribution in [0.4, 0.5) is 0 Å². The molecular weight excluding hydrogens is 312 g/mol. The summed E-state index contributed by atoms with van der Waals surface area (Å²) < 4.78 is 0.649. The molecule has 0 amide bonds. The Labute approximate surface area is 130 Å². The number of hydrogen-bond acceptors (Lipinski definition) is 5. The van der Waals surface area contributed by atoms with E-state index in [1.165, 1.54) is 40.9 Å². The number of hydrogen-bond donors (Lipinski definition) is 1. The van der Waals surface area contributed by atoms with Gasteiger partial charge in [-0.1, -0.05) is 6.07 Å². The number of carboxylic acids is 1. The fraction of sp³-hybridized carbons (Fsp3) is 0.286. The third-order valence-electron chi connectivity index (χ3n) is 2.61. The standard InChI is InChI=1S/C14H14O3S3/c15-11(6-5-10-4-3-9-18-10)12(13(16)17)14-19-7-1-2-8-20-14/h3-6,9H,1-2,7-8H2,(H,16,17).